The molecule has 2 heterocycles. The van der Waals surface area contributed by atoms with E-state index in [-0.39, 0.29) is 25.4 Å². The zero-order chi connectivity index (χ0) is 27.2. The van der Waals surface area contributed by atoms with E-state index in [0.29, 0.717) is 30.8 Å². The molecule has 1 N–H and O–H groups in total. The maximum atomic E-state index is 13.6. The highest BCUT2D eigenvalue weighted by Gasteiger charge is 2.36. The van der Waals surface area contributed by atoms with Gasteiger partial charge in [-0.25, -0.2) is 8.42 Å². The summed E-state index contributed by atoms with van der Waals surface area (Å²) < 4.78 is 113. The SMILES string of the molecule is CN1CCC(Oc2cc(NS(=O)(=O)c3sc(Cl)cc3-c3ccc(C(F)(F)F)cc3)ccc2C(F)(F)F)C1. The van der Waals surface area contributed by atoms with Crippen molar-refractivity contribution in [1.82, 2.24) is 4.90 Å². The topological polar surface area (TPSA) is 58.6 Å². The Bertz CT molecular complexity index is 1390. The van der Waals surface area contributed by atoms with Crippen molar-refractivity contribution < 1.29 is 39.5 Å². The van der Waals surface area contributed by atoms with Crippen molar-refractivity contribution in [3.8, 4) is 16.9 Å². The molecule has 200 valence electrons. The minimum Gasteiger partial charge on any atom is -0.488 e. The smallest absolute Gasteiger partial charge is 0.419 e. The largest absolute Gasteiger partial charge is 0.488 e. The number of rotatable bonds is 6. The fourth-order valence-electron chi connectivity index (χ4n) is 3.87. The summed E-state index contributed by atoms with van der Waals surface area (Å²) in [6.07, 6.45) is -9.29. The fourth-order valence-corrected chi connectivity index (χ4v) is 6.82. The molecule has 1 fully saturated rings. The molecule has 14 heteroatoms. The maximum absolute atomic E-state index is 13.6. The van der Waals surface area contributed by atoms with Crippen molar-refractivity contribution in [2.75, 3.05) is 24.9 Å². The van der Waals surface area contributed by atoms with Crippen LogP contribution in [0.2, 0.25) is 4.34 Å². The number of halogens is 7. The summed E-state index contributed by atoms with van der Waals surface area (Å²) in [5.41, 5.74) is -1.93. The van der Waals surface area contributed by atoms with E-state index in [1.54, 1.807) is 7.05 Å². The molecule has 0 spiro atoms. The van der Waals surface area contributed by atoms with Crippen molar-refractivity contribution in [3.05, 3.63) is 64.0 Å². The molecule has 5 nitrogen and oxygen atoms in total. The maximum Gasteiger partial charge on any atom is 0.419 e. The average Bonchev–Trinajstić information content (AvgIpc) is 3.38. The molecule has 0 amide bonds. The van der Waals surface area contributed by atoms with E-state index in [9.17, 15) is 34.8 Å². The summed E-state index contributed by atoms with van der Waals surface area (Å²) in [5.74, 6) is -0.514. The molecule has 2 aromatic carbocycles. The van der Waals surface area contributed by atoms with Crippen molar-refractivity contribution in [1.29, 1.82) is 0 Å². The van der Waals surface area contributed by atoms with Gasteiger partial charge in [-0.3, -0.25) is 4.72 Å². The van der Waals surface area contributed by atoms with Gasteiger partial charge in [-0.1, -0.05) is 23.7 Å². The van der Waals surface area contributed by atoms with E-state index in [2.05, 4.69) is 4.72 Å². The number of nitrogens with zero attached hydrogens (tertiary/aromatic N) is 1. The van der Waals surface area contributed by atoms with Crippen LogP contribution in [0.1, 0.15) is 17.5 Å². The fraction of sp³-hybridized carbons (Fsp3) is 0.304. The lowest BCUT2D eigenvalue weighted by atomic mass is 10.1. The number of hydrogen-bond donors (Lipinski definition) is 1. The number of anilines is 1. The minimum absolute atomic E-state index is 0.0496. The molecule has 0 bridgehead atoms. The second-order valence-corrected chi connectivity index (χ2v) is 12.0. The number of benzene rings is 2. The van der Waals surface area contributed by atoms with Gasteiger partial charge in [0.15, 0.2) is 0 Å². The van der Waals surface area contributed by atoms with Crippen LogP contribution in [0.3, 0.4) is 0 Å². The minimum atomic E-state index is -4.73. The number of alkyl halides is 6. The van der Waals surface area contributed by atoms with E-state index in [1.165, 1.54) is 6.07 Å². The molecule has 3 aromatic rings. The summed E-state index contributed by atoms with van der Waals surface area (Å²) >= 11 is 6.69. The van der Waals surface area contributed by atoms with Gasteiger partial charge in [0.05, 0.1) is 21.2 Å². The Morgan fingerprint density at radius 2 is 1.70 bits per heavy atom. The van der Waals surface area contributed by atoms with Crippen molar-refractivity contribution in [3.63, 3.8) is 0 Å². The Morgan fingerprint density at radius 3 is 2.27 bits per heavy atom. The summed E-state index contributed by atoms with van der Waals surface area (Å²) in [5, 5.41) is 0. The van der Waals surface area contributed by atoms with E-state index in [4.69, 9.17) is 16.3 Å². The van der Waals surface area contributed by atoms with Crippen molar-refractivity contribution >= 4 is 38.6 Å². The van der Waals surface area contributed by atoms with Crippen LogP contribution in [0.15, 0.2) is 52.7 Å². The molecule has 1 unspecified atom stereocenters. The number of likely N-dealkylation sites (tertiary alicyclic amines) is 1. The molecule has 1 aliphatic heterocycles. The predicted octanol–water partition coefficient (Wildman–Crippen LogP) is 6.99. The molecule has 0 aliphatic carbocycles. The first-order valence-electron chi connectivity index (χ1n) is 10.7. The van der Waals surface area contributed by atoms with Crippen LogP contribution in [0.4, 0.5) is 32.0 Å². The van der Waals surface area contributed by atoms with Gasteiger partial charge in [0, 0.05) is 24.7 Å². The zero-order valence-corrected chi connectivity index (χ0v) is 21.3. The lowest BCUT2D eigenvalue weighted by Gasteiger charge is -2.19. The van der Waals surface area contributed by atoms with E-state index < -0.39 is 45.4 Å². The van der Waals surface area contributed by atoms with Gasteiger partial charge in [0.2, 0.25) is 0 Å². The highest BCUT2D eigenvalue weighted by molar-refractivity contribution is 7.94. The standard InChI is InChI=1S/C23H19ClF6N2O3S2/c1-32-9-8-16(12-32)35-19-10-15(6-7-18(19)23(28,29)30)31-37(33,34)21-17(11-20(24)36-21)13-2-4-14(5-3-13)22(25,26)27/h2-7,10-11,16,31H,8-9,12H2,1H3. The molecular weight excluding hydrogens is 566 g/mol. The first-order chi connectivity index (χ1) is 17.1. The Morgan fingerprint density at radius 1 is 1.03 bits per heavy atom. The first kappa shape index (κ1) is 27.6. The van der Waals surface area contributed by atoms with Gasteiger partial charge < -0.3 is 9.64 Å². The van der Waals surface area contributed by atoms with Gasteiger partial charge in [0.25, 0.3) is 10.0 Å². The third-order valence-electron chi connectivity index (χ3n) is 5.62. The highest BCUT2D eigenvalue weighted by atomic mass is 35.5. The second kappa shape index (κ2) is 10.0. The summed E-state index contributed by atoms with van der Waals surface area (Å²) in [4.78, 5) is 1.90. The summed E-state index contributed by atoms with van der Waals surface area (Å²) in [6, 6.07) is 7.79. The van der Waals surface area contributed by atoms with Gasteiger partial charge in [0.1, 0.15) is 16.1 Å². The predicted molar refractivity (Wildman–Crippen MR) is 129 cm³/mol. The number of thiophene rings is 1. The number of sulfonamides is 1. The Labute approximate surface area is 217 Å². The summed E-state index contributed by atoms with van der Waals surface area (Å²) in [7, 11) is -2.59. The third kappa shape index (κ3) is 6.33. The van der Waals surface area contributed by atoms with Crippen LogP contribution >= 0.6 is 22.9 Å². The number of ether oxygens (including phenoxy) is 1. The molecule has 0 saturated carbocycles. The van der Waals surface area contributed by atoms with Crippen LogP contribution in [0.5, 0.6) is 5.75 Å². The third-order valence-corrected chi connectivity index (χ3v) is 8.80. The average molecular weight is 585 g/mol. The number of likely N-dealkylation sites (N-methyl/N-ethyl adjacent to an activating group) is 1. The molecule has 1 atom stereocenters. The van der Waals surface area contributed by atoms with Gasteiger partial charge in [-0.05, 0) is 49.4 Å². The number of nitrogens with one attached hydrogen (secondary N) is 1. The van der Waals surface area contributed by atoms with Gasteiger partial charge in [-0.15, -0.1) is 11.3 Å². The monoisotopic (exact) mass is 584 g/mol. The lowest BCUT2D eigenvalue weighted by molar-refractivity contribution is -0.139. The quantitative estimate of drug-likeness (QED) is 0.317. The van der Waals surface area contributed by atoms with Crippen molar-refractivity contribution in [2.24, 2.45) is 0 Å². The Kier molecular flexibility index (Phi) is 7.45. The van der Waals surface area contributed by atoms with Crippen LogP contribution < -0.4 is 9.46 Å². The first-order valence-corrected chi connectivity index (χ1v) is 13.4. The van der Waals surface area contributed by atoms with Crippen LogP contribution in [0, 0.1) is 0 Å². The molecule has 1 aliphatic rings. The van der Waals surface area contributed by atoms with Gasteiger partial charge in [-0.2, -0.15) is 26.3 Å². The van der Waals surface area contributed by atoms with E-state index in [1.807, 2.05) is 4.90 Å². The summed E-state index contributed by atoms with van der Waals surface area (Å²) in [6.45, 7) is 1.06. The van der Waals surface area contributed by atoms with Crippen LogP contribution in [-0.4, -0.2) is 39.6 Å². The molecular formula is C23H19ClF6N2O3S2. The molecule has 4 rings (SSSR count). The van der Waals surface area contributed by atoms with E-state index >= 15 is 0 Å². The molecule has 37 heavy (non-hydrogen) atoms. The zero-order valence-electron chi connectivity index (χ0n) is 19.0. The second-order valence-electron chi connectivity index (χ2n) is 8.43. The number of hydrogen-bond acceptors (Lipinski definition) is 5. The Balaban J connectivity index is 1.66. The highest BCUT2D eigenvalue weighted by Crippen LogP contribution is 2.42. The molecule has 1 aromatic heterocycles. The van der Waals surface area contributed by atoms with E-state index in [0.717, 1.165) is 42.5 Å². The Hall–Kier alpha value is -2.48. The lowest BCUT2D eigenvalue weighted by Crippen LogP contribution is -2.23. The van der Waals surface area contributed by atoms with Crippen LogP contribution in [-0.2, 0) is 22.4 Å². The van der Waals surface area contributed by atoms with Crippen LogP contribution in [0.25, 0.3) is 11.1 Å². The normalized spacial score (nSPS) is 17.2. The molecule has 0 radical (unpaired) electrons. The molecule has 1 saturated heterocycles. The van der Waals surface area contributed by atoms with Crippen molar-refractivity contribution in [2.45, 2.75) is 29.1 Å². The van der Waals surface area contributed by atoms with Gasteiger partial charge >= 0.3 is 12.4 Å².